The maximum absolute atomic E-state index is 13.8. The van der Waals surface area contributed by atoms with Gasteiger partial charge in [-0.15, -0.1) is 0 Å². The minimum absolute atomic E-state index is 0.0339. The van der Waals surface area contributed by atoms with Gasteiger partial charge in [0.15, 0.2) is 5.92 Å². The van der Waals surface area contributed by atoms with Crippen LogP contribution in [-0.2, 0) is 22.6 Å². The molecule has 2 N–H and O–H groups in total. The van der Waals surface area contributed by atoms with Crippen molar-refractivity contribution in [3.8, 4) is 0 Å². The highest BCUT2D eigenvalue weighted by Gasteiger charge is 2.32. The number of carboxylic acid groups (broad SMARTS) is 1. The molecule has 156 valence electrons. The number of nitrogens with one attached hydrogen (secondary N) is 1. The summed E-state index contributed by atoms with van der Waals surface area (Å²) in [6, 6.07) is 10.9. The van der Waals surface area contributed by atoms with E-state index in [9.17, 15) is 32.3 Å². The van der Waals surface area contributed by atoms with Crippen LogP contribution in [0, 0.1) is 12.7 Å². The van der Waals surface area contributed by atoms with Gasteiger partial charge in [-0.3, -0.25) is 9.59 Å². The Bertz CT molecular complexity index is 866. The Labute approximate surface area is 165 Å². The van der Waals surface area contributed by atoms with Gasteiger partial charge >= 0.3 is 12.1 Å². The molecule has 1 atom stereocenters. The Hall–Kier alpha value is -2.90. The minimum atomic E-state index is -4.37. The highest BCUT2D eigenvalue weighted by atomic mass is 19.4. The largest absolute Gasteiger partial charge is 0.480 e. The van der Waals surface area contributed by atoms with Crippen molar-refractivity contribution in [2.24, 2.45) is 0 Å². The molecular weight excluding hydrogens is 390 g/mol. The summed E-state index contributed by atoms with van der Waals surface area (Å²) in [5, 5.41) is 12.2. The number of benzene rings is 2. The monoisotopic (exact) mass is 411 g/mol. The number of hydrogen-bond donors (Lipinski definition) is 2. The Morgan fingerprint density at radius 3 is 2.38 bits per heavy atom. The van der Waals surface area contributed by atoms with Gasteiger partial charge in [0.05, 0.1) is 0 Å². The second-order valence-electron chi connectivity index (χ2n) is 6.74. The van der Waals surface area contributed by atoms with E-state index in [0.717, 1.165) is 17.7 Å². The lowest BCUT2D eigenvalue weighted by molar-refractivity contribution is -0.143. The smallest absolute Gasteiger partial charge is 0.389 e. The molecule has 1 unspecified atom stereocenters. The van der Waals surface area contributed by atoms with Crippen molar-refractivity contribution in [3.05, 3.63) is 70.5 Å². The fourth-order valence-electron chi connectivity index (χ4n) is 3.18. The molecule has 1 amide bonds. The number of aliphatic carboxylic acids is 1. The molecule has 2 aromatic carbocycles. The zero-order chi connectivity index (χ0) is 21.6. The topological polar surface area (TPSA) is 66.4 Å². The molecule has 2 rings (SSSR count). The predicted octanol–water partition coefficient (Wildman–Crippen LogP) is 4.50. The van der Waals surface area contributed by atoms with Gasteiger partial charge in [-0.2, -0.15) is 13.2 Å². The summed E-state index contributed by atoms with van der Waals surface area (Å²) in [7, 11) is 0. The number of alkyl halides is 3. The van der Waals surface area contributed by atoms with Crippen LogP contribution in [0.4, 0.5) is 17.6 Å². The van der Waals surface area contributed by atoms with Gasteiger partial charge in [0.2, 0.25) is 5.91 Å². The maximum Gasteiger partial charge on any atom is 0.389 e. The zero-order valence-corrected chi connectivity index (χ0v) is 15.7. The Morgan fingerprint density at radius 2 is 1.79 bits per heavy atom. The van der Waals surface area contributed by atoms with Crippen LogP contribution in [0.2, 0.25) is 0 Å². The average molecular weight is 411 g/mol. The van der Waals surface area contributed by atoms with Crippen LogP contribution >= 0.6 is 0 Å². The summed E-state index contributed by atoms with van der Waals surface area (Å²) >= 11 is 0. The van der Waals surface area contributed by atoms with Crippen LogP contribution < -0.4 is 5.32 Å². The fourth-order valence-corrected chi connectivity index (χ4v) is 3.18. The van der Waals surface area contributed by atoms with Crippen molar-refractivity contribution < 1.29 is 32.3 Å². The van der Waals surface area contributed by atoms with E-state index in [2.05, 4.69) is 5.32 Å². The Balaban J connectivity index is 2.28. The molecule has 0 fully saturated rings. The van der Waals surface area contributed by atoms with Gasteiger partial charge in [0, 0.05) is 13.0 Å². The standard InChI is InChI=1S/C21H21F4NO3/c1-13-10-16(22)11-15(8-5-9-21(23,24)25)17(13)18(20(28)29)19(27)26-12-14-6-3-2-4-7-14/h2-4,6-7,10-11,18H,5,8-9,12H2,1H3,(H,26,27)(H,28,29). The third-order valence-corrected chi connectivity index (χ3v) is 4.45. The van der Waals surface area contributed by atoms with E-state index in [0.29, 0.717) is 0 Å². The maximum atomic E-state index is 13.8. The third kappa shape index (κ3) is 6.58. The lowest BCUT2D eigenvalue weighted by Gasteiger charge is -2.20. The first-order valence-corrected chi connectivity index (χ1v) is 8.98. The molecular formula is C21H21F4NO3. The Kier molecular flexibility index (Phi) is 7.36. The van der Waals surface area contributed by atoms with E-state index < -0.39 is 36.2 Å². The molecule has 0 saturated heterocycles. The number of carbonyl (C=O) groups excluding carboxylic acids is 1. The first-order chi connectivity index (χ1) is 13.6. The lowest BCUT2D eigenvalue weighted by Crippen LogP contribution is -2.34. The number of amides is 1. The number of hydrogen-bond acceptors (Lipinski definition) is 2. The van der Waals surface area contributed by atoms with Crippen molar-refractivity contribution >= 4 is 11.9 Å². The van der Waals surface area contributed by atoms with E-state index in [4.69, 9.17) is 0 Å². The van der Waals surface area contributed by atoms with Gasteiger partial charge in [0.1, 0.15) is 5.82 Å². The number of carbonyl (C=O) groups is 2. The number of rotatable bonds is 8. The first-order valence-electron chi connectivity index (χ1n) is 8.98. The van der Waals surface area contributed by atoms with Crippen molar-refractivity contribution in [1.29, 1.82) is 0 Å². The predicted molar refractivity (Wildman–Crippen MR) is 98.8 cm³/mol. The van der Waals surface area contributed by atoms with Gasteiger partial charge < -0.3 is 10.4 Å². The van der Waals surface area contributed by atoms with Crippen molar-refractivity contribution in [2.45, 2.75) is 44.8 Å². The number of carboxylic acids is 1. The summed E-state index contributed by atoms with van der Waals surface area (Å²) in [6.07, 6.45) is -5.98. The minimum Gasteiger partial charge on any atom is -0.480 e. The van der Waals surface area contributed by atoms with Crippen LogP contribution in [0.1, 0.15) is 41.0 Å². The molecule has 0 aliphatic heterocycles. The van der Waals surface area contributed by atoms with Gasteiger partial charge in [-0.05, 0) is 54.2 Å². The van der Waals surface area contributed by atoms with Gasteiger partial charge in [0.25, 0.3) is 0 Å². The normalized spacial score (nSPS) is 12.4. The van der Waals surface area contributed by atoms with Crippen LogP contribution in [0.3, 0.4) is 0 Å². The molecule has 0 aliphatic carbocycles. The SMILES string of the molecule is Cc1cc(F)cc(CCCC(F)(F)F)c1C(C(=O)O)C(=O)NCc1ccccc1. The molecule has 8 heteroatoms. The molecule has 0 aliphatic rings. The quantitative estimate of drug-likeness (QED) is 0.496. The van der Waals surface area contributed by atoms with Crippen LogP contribution in [-0.4, -0.2) is 23.2 Å². The van der Waals surface area contributed by atoms with Crippen molar-refractivity contribution in [3.63, 3.8) is 0 Å². The van der Waals surface area contributed by atoms with E-state index in [-0.39, 0.29) is 36.1 Å². The average Bonchev–Trinajstić information content (AvgIpc) is 2.62. The number of aryl methyl sites for hydroxylation is 2. The second kappa shape index (κ2) is 9.54. The summed E-state index contributed by atoms with van der Waals surface area (Å²) in [5.41, 5.74) is 1.08. The molecule has 0 spiro atoms. The van der Waals surface area contributed by atoms with Crippen molar-refractivity contribution in [2.75, 3.05) is 0 Å². The Morgan fingerprint density at radius 1 is 1.14 bits per heavy atom. The van der Waals surface area contributed by atoms with E-state index in [1.165, 1.54) is 6.92 Å². The summed E-state index contributed by atoms with van der Waals surface area (Å²) in [4.78, 5) is 24.5. The molecule has 4 nitrogen and oxygen atoms in total. The molecule has 0 aromatic heterocycles. The highest BCUT2D eigenvalue weighted by molar-refractivity contribution is 6.03. The summed E-state index contributed by atoms with van der Waals surface area (Å²) < 4.78 is 51.2. The molecule has 2 aromatic rings. The summed E-state index contributed by atoms with van der Waals surface area (Å²) in [5.74, 6) is -4.61. The highest BCUT2D eigenvalue weighted by Crippen LogP contribution is 2.29. The van der Waals surface area contributed by atoms with E-state index in [1.54, 1.807) is 30.3 Å². The van der Waals surface area contributed by atoms with Crippen LogP contribution in [0.25, 0.3) is 0 Å². The first kappa shape index (κ1) is 22.4. The van der Waals surface area contributed by atoms with E-state index in [1.807, 2.05) is 0 Å². The van der Waals surface area contributed by atoms with Crippen LogP contribution in [0.5, 0.6) is 0 Å². The van der Waals surface area contributed by atoms with Gasteiger partial charge in [-0.1, -0.05) is 30.3 Å². The molecule has 0 saturated carbocycles. The number of halogens is 4. The molecule has 29 heavy (non-hydrogen) atoms. The molecule has 0 bridgehead atoms. The van der Waals surface area contributed by atoms with E-state index >= 15 is 0 Å². The molecule has 0 radical (unpaired) electrons. The molecule has 0 heterocycles. The van der Waals surface area contributed by atoms with Gasteiger partial charge in [-0.25, -0.2) is 4.39 Å². The van der Waals surface area contributed by atoms with Crippen molar-refractivity contribution in [1.82, 2.24) is 5.32 Å². The fraction of sp³-hybridized carbons (Fsp3) is 0.333. The summed E-state index contributed by atoms with van der Waals surface area (Å²) in [6.45, 7) is 1.53. The van der Waals surface area contributed by atoms with Crippen LogP contribution in [0.15, 0.2) is 42.5 Å². The third-order valence-electron chi connectivity index (χ3n) is 4.45. The lowest BCUT2D eigenvalue weighted by atomic mass is 9.87. The second-order valence-corrected chi connectivity index (χ2v) is 6.74. The zero-order valence-electron chi connectivity index (χ0n) is 15.7.